The largest absolute Gasteiger partial charge is 0.311 e. The molecule has 0 atom stereocenters. The molecule has 0 bridgehead atoms. The zero-order chi connectivity index (χ0) is 41.2. The Labute approximate surface area is 365 Å². The first-order valence-electron chi connectivity index (χ1n) is 21.9. The van der Waals surface area contributed by atoms with Crippen molar-refractivity contribution in [3.05, 3.63) is 224 Å². The summed E-state index contributed by atoms with van der Waals surface area (Å²) in [5, 5.41) is 15.1. The van der Waals surface area contributed by atoms with E-state index in [1.54, 1.807) is 0 Å². The van der Waals surface area contributed by atoms with Gasteiger partial charge in [0.05, 0.1) is 0 Å². The molecule has 0 unspecified atom stereocenters. The maximum Gasteiger partial charge on any atom is 0.252 e. The third kappa shape index (κ3) is 5.14. The predicted octanol–water partition coefficient (Wildman–Crippen LogP) is 14.4. The predicted molar refractivity (Wildman–Crippen MR) is 271 cm³/mol. The van der Waals surface area contributed by atoms with E-state index in [9.17, 15) is 0 Å². The van der Waals surface area contributed by atoms with Crippen molar-refractivity contribution in [1.29, 1.82) is 0 Å². The van der Waals surface area contributed by atoms with Crippen molar-refractivity contribution in [3.63, 3.8) is 0 Å². The SMILES string of the molecule is c1ccc(N2c3cc4c(ccc5ccccc54)cc3B3c4cc5ccc6ccccc6c5cc4N(c4ccccc4)c4cc(-c5ccc6cc7ccccc7cc6c5)cc2c43)cc1. The minimum atomic E-state index is -0.0244. The van der Waals surface area contributed by atoms with Crippen LogP contribution in [0.25, 0.3) is 75.8 Å². The Kier molecular flexibility index (Phi) is 7.23. The average Bonchev–Trinajstić information content (AvgIpc) is 3.34. The van der Waals surface area contributed by atoms with E-state index in [-0.39, 0.29) is 6.71 Å². The Morgan fingerprint density at radius 2 is 0.683 bits per heavy atom. The van der Waals surface area contributed by atoms with Crippen molar-refractivity contribution in [3.8, 4) is 11.1 Å². The van der Waals surface area contributed by atoms with Gasteiger partial charge in [0.15, 0.2) is 0 Å². The highest BCUT2D eigenvalue weighted by Gasteiger charge is 2.44. The molecule has 14 rings (SSSR count). The Bertz CT molecular complexity index is 3690. The van der Waals surface area contributed by atoms with Gasteiger partial charge in [0, 0.05) is 34.1 Å². The molecule has 0 aliphatic carbocycles. The number of rotatable bonds is 3. The van der Waals surface area contributed by atoms with Crippen LogP contribution in [0.5, 0.6) is 0 Å². The molecule has 290 valence electrons. The highest BCUT2D eigenvalue weighted by atomic mass is 15.2. The minimum absolute atomic E-state index is 0.0244. The molecule has 0 fully saturated rings. The van der Waals surface area contributed by atoms with Crippen molar-refractivity contribution >= 4 is 122 Å². The third-order valence-electron chi connectivity index (χ3n) is 13.9. The standard InChI is InChI=1S/C60H37BN2/c1-3-17-48(18-4-1)62-56-36-52-44(27-23-38-13-9-11-21-50(38)52)32-54(56)61-55-33-45-28-24-39-14-10-12-22-51(39)53(45)37-57(55)63(49-19-5-2-6-20-49)59-35-47(34-58(62)60(59)61)43-26-25-42-29-40-15-7-8-16-41(40)30-46(42)31-43/h1-37H. The van der Waals surface area contributed by atoms with E-state index >= 15 is 0 Å². The molecule has 0 aromatic heterocycles. The molecule has 2 aliphatic heterocycles. The molecule has 2 heterocycles. The summed E-state index contributed by atoms with van der Waals surface area (Å²) in [6, 6.07) is 84.1. The first-order chi connectivity index (χ1) is 31.2. The molecule has 0 radical (unpaired) electrons. The normalized spacial score (nSPS) is 13.0. The van der Waals surface area contributed by atoms with Crippen LogP contribution in [0.4, 0.5) is 34.1 Å². The second-order valence-electron chi connectivity index (χ2n) is 17.3. The van der Waals surface area contributed by atoms with Gasteiger partial charge in [-0.15, -0.1) is 0 Å². The molecule has 0 spiro atoms. The van der Waals surface area contributed by atoms with Gasteiger partial charge in [-0.2, -0.15) is 0 Å². The molecule has 12 aromatic rings. The minimum Gasteiger partial charge on any atom is -0.311 e. The maximum absolute atomic E-state index is 2.55. The van der Waals surface area contributed by atoms with Crippen LogP contribution in [-0.2, 0) is 0 Å². The molecule has 0 saturated carbocycles. The van der Waals surface area contributed by atoms with Gasteiger partial charge in [-0.3, -0.25) is 0 Å². The van der Waals surface area contributed by atoms with Crippen molar-refractivity contribution in [2.45, 2.75) is 0 Å². The lowest BCUT2D eigenvalue weighted by Crippen LogP contribution is -2.61. The van der Waals surface area contributed by atoms with Gasteiger partial charge in [-0.1, -0.05) is 158 Å². The molecule has 63 heavy (non-hydrogen) atoms. The van der Waals surface area contributed by atoms with E-state index in [1.807, 2.05) is 0 Å². The lowest BCUT2D eigenvalue weighted by atomic mass is 9.33. The Hall–Kier alpha value is -8.14. The average molecular weight is 797 g/mol. The number of nitrogens with zero attached hydrogens (tertiary/aromatic N) is 2. The number of hydrogen-bond acceptors (Lipinski definition) is 2. The molecule has 2 aliphatic rings. The fraction of sp³-hybridized carbons (Fsp3) is 0. The van der Waals surface area contributed by atoms with Gasteiger partial charge in [0.1, 0.15) is 0 Å². The smallest absolute Gasteiger partial charge is 0.252 e. The van der Waals surface area contributed by atoms with Crippen molar-refractivity contribution in [2.75, 3.05) is 9.80 Å². The fourth-order valence-corrected chi connectivity index (χ4v) is 11.0. The first kappa shape index (κ1) is 34.6. The van der Waals surface area contributed by atoms with Crippen molar-refractivity contribution in [2.24, 2.45) is 0 Å². The number of benzene rings is 12. The van der Waals surface area contributed by atoms with Crippen LogP contribution in [0.1, 0.15) is 0 Å². The summed E-state index contributed by atoms with van der Waals surface area (Å²) in [6.07, 6.45) is 0. The van der Waals surface area contributed by atoms with E-state index in [0.717, 1.165) is 11.4 Å². The van der Waals surface area contributed by atoms with Crippen LogP contribution in [-0.4, -0.2) is 6.71 Å². The second kappa shape index (κ2) is 13.2. The Balaban J connectivity index is 1.13. The number of fused-ring (bicyclic) bond motifs is 12. The van der Waals surface area contributed by atoms with Gasteiger partial charge >= 0.3 is 0 Å². The monoisotopic (exact) mass is 796 g/mol. The van der Waals surface area contributed by atoms with Crippen LogP contribution in [0.2, 0.25) is 0 Å². The van der Waals surface area contributed by atoms with E-state index in [2.05, 4.69) is 234 Å². The zero-order valence-electron chi connectivity index (χ0n) is 34.3. The van der Waals surface area contributed by atoms with E-state index in [4.69, 9.17) is 0 Å². The molecular formula is C60H37BN2. The van der Waals surface area contributed by atoms with Gasteiger partial charge in [-0.05, 0) is 159 Å². The Morgan fingerprint density at radius 3 is 1.22 bits per heavy atom. The lowest BCUT2D eigenvalue weighted by Gasteiger charge is -2.44. The fourth-order valence-electron chi connectivity index (χ4n) is 11.0. The number of para-hydroxylation sites is 2. The molecule has 0 N–H and O–H groups in total. The summed E-state index contributed by atoms with van der Waals surface area (Å²) < 4.78 is 0. The van der Waals surface area contributed by atoms with E-state index in [1.165, 1.54) is 115 Å². The Morgan fingerprint density at radius 1 is 0.254 bits per heavy atom. The topological polar surface area (TPSA) is 6.48 Å². The van der Waals surface area contributed by atoms with Crippen LogP contribution in [0.15, 0.2) is 224 Å². The number of hydrogen-bond donors (Lipinski definition) is 0. The van der Waals surface area contributed by atoms with Crippen molar-refractivity contribution in [1.82, 2.24) is 0 Å². The first-order valence-corrected chi connectivity index (χ1v) is 21.9. The van der Waals surface area contributed by atoms with Gasteiger partial charge in [-0.25, -0.2) is 0 Å². The quantitative estimate of drug-likeness (QED) is 0.0998. The third-order valence-corrected chi connectivity index (χ3v) is 13.9. The van der Waals surface area contributed by atoms with E-state index in [0.29, 0.717) is 0 Å². The summed E-state index contributed by atoms with van der Waals surface area (Å²) in [5.74, 6) is 0. The van der Waals surface area contributed by atoms with Gasteiger partial charge in [0.25, 0.3) is 6.71 Å². The number of anilines is 6. The molecule has 0 amide bonds. The summed E-state index contributed by atoms with van der Waals surface area (Å²) >= 11 is 0. The van der Waals surface area contributed by atoms with Crippen LogP contribution >= 0.6 is 0 Å². The molecule has 3 heteroatoms. The highest BCUT2D eigenvalue weighted by Crippen LogP contribution is 2.48. The van der Waals surface area contributed by atoms with E-state index < -0.39 is 0 Å². The van der Waals surface area contributed by atoms with Crippen LogP contribution in [0.3, 0.4) is 0 Å². The van der Waals surface area contributed by atoms with Crippen molar-refractivity contribution < 1.29 is 0 Å². The van der Waals surface area contributed by atoms with Gasteiger partial charge < -0.3 is 9.80 Å². The summed E-state index contributed by atoms with van der Waals surface area (Å²) in [6.45, 7) is -0.0244. The highest BCUT2D eigenvalue weighted by molar-refractivity contribution is 7.00. The maximum atomic E-state index is 2.55. The van der Waals surface area contributed by atoms with Crippen LogP contribution in [0, 0.1) is 0 Å². The lowest BCUT2D eigenvalue weighted by molar-refractivity contribution is 1.26. The zero-order valence-corrected chi connectivity index (χ0v) is 34.3. The molecule has 0 saturated heterocycles. The van der Waals surface area contributed by atoms with Crippen LogP contribution < -0.4 is 26.2 Å². The second-order valence-corrected chi connectivity index (χ2v) is 17.3. The summed E-state index contributed by atoms with van der Waals surface area (Å²) in [4.78, 5) is 5.10. The molecular weight excluding hydrogens is 759 g/mol. The molecule has 2 nitrogen and oxygen atoms in total. The molecule has 12 aromatic carbocycles. The van der Waals surface area contributed by atoms with Gasteiger partial charge in [0.2, 0.25) is 0 Å². The summed E-state index contributed by atoms with van der Waals surface area (Å²) in [7, 11) is 0. The summed E-state index contributed by atoms with van der Waals surface area (Å²) in [5.41, 5.74) is 13.4.